The van der Waals surface area contributed by atoms with Gasteiger partial charge < -0.3 is 15.4 Å². The summed E-state index contributed by atoms with van der Waals surface area (Å²) in [6, 6.07) is 8.07. The molecule has 1 N–H and O–H groups in total. The summed E-state index contributed by atoms with van der Waals surface area (Å²) in [5.41, 5.74) is 1.43. The normalized spacial score (nSPS) is 12.0. The summed E-state index contributed by atoms with van der Waals surface area (Å²) in [7, 11) is 0. The summed E-state index contributed by atoms with van der Waals surface area (Å²) >= 11 is 9.59. The lowest BCUT2D eigenvalue weighted by Gasteiger charge is -2.13. The van der Waals surface area contributed by atoms with Crippen LogP contribution < -0.4 is 5.32 Å². The minimum Gasteiger partial charge on any atom is -0.358 e. The third-order valence-corrected chi connectivity index (χ3v) is 5.28. The molecule has 0 fully saturated rings. The maximum atomic E-state index is 12.8. The molecule has 3 rings (SSSR count). The summed E-state index contributed by atoms with van der Waals surface area (Å²) in [6.07, 6.45) is 2.15. The maximum Gasteiger partial charge on any atom is 0.390 e. The summed E-state index contributed by atoms with van der Waals surface area (Å²) in [4.78, 5) is 23.2. The molecule has 3 aromatic rings. The molecule has 2 aromatic heterocycles. The fourth-order valence-corrected chi connectivity index (χ4v) is 3.52. The maximum absolute atomic E-state index is 12.8. The van der Waals surface area contributed by atoms with Gasteiger partial charge in [0, 0.05) is 11.2 Å². The van der Waals surface area contributed by atoms with Crippen LogP contribution in [0.15, 0.2) is 41.0 Å². The van der Waals surface area contributed by atoms with Crippen molar-refractivity contribution in [1.82, 2.24) is 19.6 Å². The summed E-state index contributed by atoms with van der Waals surface area (Å²) in [5.74, 6) is -0.309. The fraction of sp³-hybridized carbons (Fsp3) is 0.278. The van der Waals surface area contributed by atoms with Crippen molar-refractivity contribution in [2.24, 2.45) is 0 Å². The van der Waals surface area contributed by atoms with Crippen molar-refractivity contribution in [1.29, 1.82) is 0 Å². The summed E-state index contributed by atoms with van der Waals surface area (Å²) in [5, 5.41) is 22.7. The Kier molecular flexibility index (Phi) is 6.33. The van der Waals surface area contributed by atoms with E-state index in [9.17, 15) is 14.9 Å². The highest BCUT2D eigenvalue weighted by Gasteiger charge is 2.28. The van der Waals surface area contributed by atoms with Gasteiger partial charge in [0.1, 0.15) is 0 Å². The van der Waals surface area contributed by atoms with Gasteiger partial charge in [-0.25, -0.2) is 0 Å². The second kappa shape index (κ2) is 8.75. The number of nitrogens with one attached hydrogen (secondary N) is 1. The van der Waals surface area contributed by atoms with Crippen molar-refractivity contribution >= 4 is 45.1 Å². The Labute approximate surface area is 179 Å². The number of benzene rings is 1. The third kappa shape index (κ3) is 4.65. The Bertz CT molecular complexity index is 1060. The van der Waals surface area contributed by atoms with Gasteiger partial charge in [0.05, 0.1) is 27.9 Å². The zero-order chi connectivity index (χ0) is 21.1. The topological polar surface area (TPSA) is 108 Å². The Morgan fingerprint density at radius 2 is 2.10 bits per heavy atom. The summed E-state index contributed by atoms with van der Waals surface area (Å²) in [6.45, 7) is 3.92. The van der Waals surface area contributed by atoms with Crippen LogP contribution in [-0.4, -0.2) is 30.4 Å². The van der Waals surface area contributed by atoms with Gasteiger partial charge in [0.25, 0.3) is 5.91 Å². The van der Waals surface area contributed by atoms with Crippen molar-refractivity contribution in [3.63, 3.8) is 0 Å². The predicted octanol–water partition coefficient (Wildman–Crippen LogP) is 4.35. The first kappa shape index (κ1) is 21.0. The SMILES string of the molecule is CCC(C(=O)Nc1nn(Cc2ccccc2Cl)cc1Br)n1nc([N+](=O)[O-])cc1C. The van der Waals surface area contributed by atoms with Gasteiger partial charge in [0.2, 0.25) is 0 Å². The van der Waals surface area contributed by atoms with Gasteiger partial charge in [-0.2, -0.15) is 9.78 Å². The van der Waals surface area contributed by atoms with E-state index in [4.69, 9.17) is 11.6 Å². The highest BCUT2D eigenvalue weighted by Crippen LogP contribution is 2.25. The van der Waals surface area contributed by atoms with Crippen molar-refractivity contribution in [2.45, 2.75) is 32.9 Å². The Hall–Kier alpha value is -2.72. The third-order valence-electron chi connectivity index (χ3n) is 4.33. The molecule has 2 heterocycles. The number of anilines is 1. The van der Waals surface area contributed by atoms with E-state index >= 15 is 0 Å². The fourth-order valence-electron chi connectivity index (χ4n) is 2.91. The molecule has 11 heteroatoms. The zero-order valence-electron chi connectivity index (χ0n) is 15.7. The number of amides is 1. The van der Waals surface area contributed by atoms with Crippen LogP contribution in [0.25, 0.3) is 0 Å². The second-order valence-corrected chi connectivity index (χ2v) is 7.64. The molecule has 0 aliphatic heterocycles. The van der Waals surface area contributed by atoms with E-state index in [2.05, 4.69) is 31.4 Å². The lowest BCUT2D eigenvalue weighted by molar-refractivity contribution is -0.389. The zero-order valence-corrected chi connectivity index (χ0v) is 18.0. The Balaban J connectivity index is 1.78. The van der Waals surface area contributed by atoms with E-state index in [0.29, 0.717) is 34.0 Å². The first-order chi connectivity index (χ1) is 13.8. The van der Waals surface area contributed by atoms with Crippen LogP contribution in [0.3, 0.4) is 0 Å². The van der Waals surface area contributed by atoms with E-state index < -0.39 is 11.0 Å². The number of hydrogen-bond acceptors (Lipinski definition) is 5. The van der Waals surface area contributed by atoms with Crippen LogP contribution in [-0.2, 0) is 11.3 Å². The minimum atomic E-state index is -0.704. The highest BCUT2D eigenvalue weighted by molar-refractivity contribution is 9.10. The number of halogens is 2. The molecule has 0 saturated carbocycles. The average molecular weight is 482 g/mol. The van der Waals surface area contributed by atoms with Crippen LogP contribution in [0.4, 0.5) is 11.6 Å². The molecule has 152 valence electrons. The second-order valence-electron chi connectivity index (χ2n) is 6.37. The molecule has 0 radical (unpaired) electrons. The van der Waals surface area contributed by atoms with E-state index in [0.717, 1.165) is 5.56 Å². The van der Waals surface area contributed by atoms with Crippen molar-refractivity contribution < 1.29 is 9.72 Å². The average Bonchev–Trinajstić information content (AvgIpc) is 3.21. The number of rotatable bonds is 7. The van der Waals surface area contributed by atoms with Gasteiger partial charge in [-0.3, -0.25) is 9.48 Å². The summed E-state index contributed by atoms with van der Waals surface area (Å²) < 4.78 is 3.63. The molecule has 0 aliphatic rings. The van der Waals surface area contributed by atoms with Crippen molar-refractivity contribution in [3.05, 3.63) is 67.4 Å². The molecule has 1 atom stereocenters. The standard InChI is InChI=1S/C18H18BrClN6O3/c1-3-15(25-11(2)8-16(22-25)26(28)29)18(27)21-17-13(19)10-24(23-17)9-12-6-4-5-7-14(12)20/h4-8,10,15H,3,9H2,1-2H3,(H,21,23,27). The molecular formula is C18H18BrClN6O3. The molecule has 0 spiro atoms. The minimum absolute atomic E-state index is 0.293. The molecule has 0 bridgehead atoms. The van der Waals surface area contributed by atoms with Crippen LogP contribution in [0.1, 0.15) is 30.6 Å². The number of carbonyl (C=O) groups is 1. The predicted molar refractivity (Wildman–Crippen MR) is 112 cm³/mol. The molecule has 0 aliphatic carbocycles. The number of hydrogen-bond donors (Lipinski definition) is 1. The van der Waals surface area contributed by atoms with Crippen LogP contribution in [0.2, 0.25) is 5.02 Å². The molecule has 1 aromatic carbocycles. The number of nitrogens with zero attached hydrogens (tertiary/aromatic N) is 5. The van der Waals surface area contributed by atoms with E-state index in [1.54, 1.807) is 23.9 Å². The largest absolute Gasteiger partial charge is 0.390 e. The van der Waals surface area contributed by atoms with E-state index in [-0.39, 0.29) is 11.7 Å². The number of carbonyl (C=O) groups excluding carboxylic acids is 1. The lowest BCUT2D eigenvalue weighted by atomic mass is 10.2. The molecule has 9 nitrogen and oxygen atoms in total. The van der Waals surface area contributed by atoms with Crippen LogP contribution in [0, 0.1) is 17.0 Å². The van der Waals surface area contributed by atoms with Crippen molar-refractivity contribution in [3.8, 4) is 0 Å². The number of nitro groups is 1. The van der Waals surface area contributed by atoms with Gasteiger partial charge in [-0.15, -0.1) is 0 Å². The molecule has 0 saturated heterocycles. The van der Waals surface area contributed by atoms with E-state index in [1.165, 1.54) is 10.7 Å². The van der Waals surface area contributed by atoms with Gasteiger partial charge >= 0.3 is 5.82 Å². The van der Waals surface area contributed by atoms with Crippen molar-refractivity contribution in [2.75, 3.05) is 5.32 Å². The van der Waals surface area contributed by atoms with Crippen LogP contribution >= 0.6 is 27.5 Å². The Morgan fingerprint density at radius 3 is 2.72 bits per heavy atom. The van der Waals surface area contributed by atoms with Gasteiger partial charge in [-0.05, 0) is 45.8 Å². The molecule has 29 heavy (non-hydrogen) atoms. The first-order valence-electron chi connectivity index (χ1n) is 8.78. The molecular weight excluding hydrogens is 464 g/mol. The molecule has 1 amide bonds. The smallest absolute Gasteiger partial charge is 0.358 e. The van der Waals surface area contributed by atoms with Gasteiger partial charge in [-0.1, -0.05) is 36.7 Å². The lowest BCUT2D eigenvalue weighted by Crippen LogP contribution is -2.27. The van der Waals surface area contributed by atoms with Crippen LogP contribution in [0.5, 0.6) is 0 Å². The number of aromatic nitrogens is 4. The molecule has 1 unspecified atom stereocenters. The van der Waals surface area contributed by atoms with E-state index in [1.807, 2.05) is 25.1 Å². The quantitative estimate of drug-likeness (QED) is 0.399. The first-order valence-corrected chi connectivity index (χ1v) is 9.95. The highest BCUT2D eigenvalue weighted by atomic mass is 79.9. The monoisotopic (exact) mass is 480 g/mol. The number of aryl methyl sites for hydroxylation is 1. The Morgan fingerprint density at radius 1 is 1.38 bits per heavy atom. The van der Waals surface area contributed by atoms with Gasteiger partial charge in [0.15, 0.2) is 11.9 Å².